The third-order valence-electron chi connectivity index (χ3n) is 3.81. The van der Waals surface area contributed by atoms with Gasteiger partial charge in [0.1, 0.15) is 12.2 Å². The first-order valence-corrected chi connectivity index (χ1v) is 6.60. The molecule has 0 aromatic heterocycles. The van der Waals surface area contributed by atoms with E-state index in [1.54, 1.807) is 4.90 Å². The first-order chi connectivity index (χ1) is 8.71. The summed E-state index contributed by atoms with van der Waals surface area (Å²) >= 11 is 0. The SMILES string of the molecule is CC1(C)CCN(C(=O)N2CC(C)(OCC(=O)O)C2)C1. The first kappa shape index (κ1) is 14.1. The second-order valence-electron chi connectivity index (χ2n) is 6.61. The summed E-state index contributed by atoms with van der Waals surface area (Å²) in [5.74, 6) is -0.979. The van der Waals surface area contributed by atoms with Crippen LogP contribution in [-0.4, -0.2) is 65.3 Å². The summed E-state index contributed by atoms with van der Waals surface area (Å²) in [6.07, 6.45) is 1.03. The molecule has 0 aromatic rings. The number of likely N-dealkylation sites (tertiary alicyclic amines) is 2. The zero-order valence-corrected chi connectivity index (χ0v) is 11.8. The van der Waals surface area contributed by atoms with Crippen molar-refractivity contribution >= 4 is 12.0 Å². The van der Waals surface area contributed by atoms with Crippen molar-refractivity contribution in [3.8, 4) is 0 Å². The predicted molar refractivity (Wildman–Crippen MR) is 68.9 cm³/mol. The molecule has 0 aromatic carbocycles. The maximum Gasteiger partial charge on any atom is 0.329 e. The van der Waals surface area contributed by atoms with Gasteiger partial charge in [0.15, 0.2) is 0 Å². The van der Waals surface area contributed by atoms with Gasteiger partial charge < -0.3 is 19.6 Å². The van der Waals surface area contributed by atoms with E-state index in [4.69, 9.17) is 9.84 Å². The van der Waals surface area contributed by atoms with Crippen LogP contribution in [0, 0.1) is 5.41 Å². The molecule has 2 rings (SSSR count). The number of urea groups is 1. The number of amides is 2. The van der Waals surface area contributed by atoms with Gasteiger partial charge in [-0.25, -0.2) is 9.59 Å². The zero-order chi connectivity index (χ0) is 14.3. The minimum absolute atomic E-state index is 0.0435. The van der Waals surface area contributed by atoms with Crippen molar-refractivity contribution in [2.45, 2.75) is 32.8 Å². The Kier molecular flexibility index (Phi) is 3.47. The van der Waals surface area contributed by atoms with Gasteiger partial charge in [-0.15, -0.1) is 0 Å². The molecule has 2 aliphatic heterocycles. The van der Waals surface area contributed by atoms with Gasteiger partial charge in [0, 0.05) is 13.1 Å². The quantitative estimate of drug-likeness (QED) is 0.831. The molecule has 2 aliphatic rings. The van der Waals surface area contributed by atoms with Crippen molar-refractivity contribution in [3.05, 3.63) is 0 Å². The maximum absolute atomic E-state index is 12.2. The van der Waals surface area contributed by atoms with Crippen LogP contribution in [0.1, 0.15) is 27.2 Å². The van der Waals surface area contributed by atoms with E-state index in [9.17, 15) is 9.59 Å². The van der Waals surface area contributed by atoms with Gasteiger partial charge in [-0.1, -0.05) is 13.8 Å². The molecule has 6 heteroatoms. The number of carboxylic acids is 1. The number of carbonyl (C=O) groups excluding carboxylic acids is 1. The average molecular weight is 270 g/mol. The van der Waals surface area contributed by atoms with Crippen molar-refractivity contribution in [1.29, 1.82) is 0 Å². The van der Waals surface area contributed by atoms with Crippen LogP contribution < -0.4 is 0 Å². The van der Waals surface area contributed by atoms with Crippen molar-refractivity contribution in [2.75, 3.05) is 32.8 Å². The summed E-state index contributed by atoms with van der Waals surface area (Å²) in [5, 5.41) is 8.59. The van der Waals surface area contributed by atoms with E-state index < -0.39 is 11.6 Å². The molecule has 0 bridgehead atoms. The van der Waals surface area contributed by atoms with E-state index in [-0.39, 0.29) is 18.1 Å². The Labute approximate surface area is 113 Å². The molecule has 2 fully saturated rings. The summed E-state index contributed by atoms with van der Waals surface area (Å²) in [6, 6.07) is 0.0435. The lowest BCUT2D eigenvalue weighted by Crippen LogP contribution is -2.65. The predicted octanol–water partition coefficient (Wildman–Crippen LogP) is 1.01. The topological polar surface area (TPSA) is 70.1 Å². The summed E-state index contributed by atoms with van der Waals surface area (Å²) < 4.78 is 5.30. The highest BCUT2D eigenvalue weighted by molar-refractivity contribution is 5.76. The Morgan fingerprint density at radius 2 is 1.79 bits per heavy atom. The van der Waals surface area contributed by atoms with E-state index >= 15 is 0 Å². The summed E-state index contributed by atoms with van der Waals surface area (Å²) in [5.41, 5.74) is -0.313. The van der Waals surface area contributed by atoms with Gasteiger partial charge in [0.05, 0.1) is 13.1 Å². The minimum Gasteiger partial charge on any atom is -0.480 e. The van der Waals surface area contributed by atoms with Crippen molar-refractivity contribution < 1.29 is 19.4 Å². The molecule has 108 valence electrons. The second-order valence-corrected chi connectivity index (χ2v) is 6.61. The number of hydrogen-bond acceptors (Lipinski definition) is 3. The average Bonchev–Trinajstić information content (AvgIpc) is 2.62. The third-order valence-corrected chi connectivity index (χ3v) is 3.81. The molecule has 6 nitrogen and oxygen atoms in total. The number of carbonyl (C=O) groups is 2. The number of nitrogens with zero attached hydrogens (tertiary/aromatic N) is 2. The van der Waals surface area contributed by atoms with Crippen LogP contribution in [-0.2, 0) is 9.53 Å². The van der Waals surface area contributed by atoms with Crippen molar-refractivity contribution in [3.63, 3.8) is 0 Å². The van der Waals surface area contributed by atoms with Gasteiger partial charge >= 0.3 is 12.0 Å². The lowest BCUT2D eigenvalue weighted by Gasteiger charge is -2.48. The molecule has 0 saturated carbocycles. The van der Waals surface area contributed by atoms with E-state index in [0.717, 1.165) is 19.5 Å². The highest BCUT2D eigenvalue weighted by Crippen LogP contribution is 2.32. The number of aliphatic carboxylic acids is 1. The molecule has 2 amide bonds. The summed E-state index contributed by atoms with van der Waals surface area (Å²) in [7, 11) is 0. The fourth-order valence-corrected chi connectivity index (χ4v) is 2.70. The van der Waals surface area contributed by atoms with E-state index in [1.807, 2.05) is 11.8 Å². The number of rotatable bonds is 3. The van der Waals surface area contributed by atoms with Gasteiger partial charge in [-0.2, -0.15) is 0 Å². The lowest BCUT2D eigenvalue weighted by molar-refractivity contribution is -0.160. The molecule has 0 spiro atoms. The molecule has 0 aliphatic carbocycles. The summed E-state index contributed by atoms with van der Waals surface area (Å²) in [6.45, 7) is 8.38. The molecule has 2 saturated heterocycles. The molecule has 0 radical (unpaired) electrons. The summed E-state index contributed by atoms with van der Waals surface area (Å²) in [4.78, 5) is 26.3. The molecule has 1 N–H and O–H groups in total. The largest absolute Gasteiger partial charge is 0.480 e. The van der Waals surface area contributed by atoms with Crippen molar-refractivity contribution in [1.82, 2.24) is 9.80 Å². The minimum atomic E-state index is -0.979. The molecule has 19 heavy (non-hydrogen) atoms. The van der Waals surface area contributed by atoms with Gasteiger partial charge in [0.2, 0.25) is 0 Å². The van der Waals surface area contributed by atoms with E-state index in [0.29, 0.717) is 13.1 Å². The Morgan fingerprint density at radius 3 is 2.26 bits per heavy atom. The molecule has 2 heterocycles. The second kappa shape index (κ2) is 4.67. The lowest BCUT2D eigenvalue weighted by atomic mass is 9.93. The van der Waals surface area contributed by atoms with Crippen LogP contribution >= 0.6 is 0 Å². The van der Waals surface area contributed by atoms with E-state index in [2.05, 4.69) is 13.8 Å². The third kappa shape index (κ3) is 3.18. The number of ether oxygens (including phenoxy) is 1. The monoisotopic (exact) mass is 270 g/mol. The molecule has 0 atom stereocenters. The Balaban J connectivity index is 1.80. The van der Waals surface area contributed by atoms with Crippen LogP contribution in [0.25, 0.3) is 0 Å². The van der Waals surface area contributed by atoms with Crippen LogP contribution in [0.4, 0.5) is 4.79 Å². The highest BCUT2D eigenvalue weighted by atomic mass is 16.5. The fraction of sp³-hybridized carbons (Fsp3) is 0.846. The Morgan fingerprint density at radius 1 is 1.16 bits per heavy atom. The van der Waals surface area contributed by atoms with Crippen LogP contribution in [0.2, 0.25) is 0 Å². The normalized spacial score (nSPS) is 24.2. The molecular formula is C13H22N2O4. The van der Waals surface area contributed by atoms with E-state index in [1.165, 1.54) is 0 Å². The van der Waals surface area contributed by atoms with Crippen LogP contribution in [0.3, 0.4) is 0 Å². The molecule has 0 unspecified atom stereocenters. The Hall–Kier alpha value is -1.30. The zero-order valence-electron chi connectivity index (χ0n) is 11.8. The first-order valence-electron chi connectivity index (χ1n) is 6.60. The van der Waals surface area contributed by atoms with Gasteiger partial charge in [-0.3, -0.25) is 0 Å². The van der Waals surface area contributed by atoms with Crippen LogP contribution in [0.5, 0.6) is 0 Å². The van der Waals surface area contributed by atoms with Crippen molar-refractivity contribution in [2.24, 2.45) is 5.41 Å². The van der Waals surface area contributed by atoms with Gasteiger partial charge in [-0.05, 0) is 18.8 Å². The Bertz CT molecular complexity index is 388. The number of hydrogen-bond donors (Lipinski definition) is 1. The smallest absolute Gasteiger partial charge is 0.329 e. The fourth-order valence-electron chi connectivity index (χ4n) is 2.70. The molecular weight excluding hydrogens is 248 g/mol. The standard InChI is InChI=1S/C13H22N2O4/c1-12(2)4-5-14(7-12)11(18)15-8-13(3,9-15)19-6-10(16)17/h4-9H2,1-3H3,(H,16,17). The number of carboxylic acid groups (broad SMARTS) is 1. The highest BCUT2D eigenvalue weighted by Gasteiger charge is 2.45. The van der Waals surface area contributed by atoms with Gasteiger partial charge in [0.25, 0.3) is 0 Å². The van der Waals surface area contributed by atoms with Crippen LogP contribution in [0.15, 0.2) is 0 Å². The maximum atomic E-state index is 12.2.